The van der Waals surface area contributed by atoms with E-state index < -0.39 is 0 Å². The van der Waals surface area contributed by atoms with Gasteiger partial charge in [-0.05, 0) is 42.0 Å². The lowest BCUT2D eigenvalue weighted by Gasteiger charge is -2.08. The van der Waals surface area contributed by atoms with Crippen LogP contribution in [-0.2, 0) is 11.8 Å². The number of aromatic nitrogens is 3. The second-order valence-electron chi connectivity index (χ2n) is 5.12. The van der Waals surface area contributed by atoms with Crippen LogP contribution < -0.4 is 5.32 Å². The van der Waals surface area contributed by atoms with Crippen molar-refractivity contribution in [3.8, 4) is 22.4 Å². The van der Waals surface area contributed by atoms with Gasteiger partial charge in [0.2, 0.25) is 5.91 Å². The van der Waals surface area contributed by atoms with Crippen molar-refractivity contribution in [2.45, 2.75) is 6.92 Å². The molecule has 2 heterocycles. The highest BCUT2D eigenvalue weighted by Crippen LogP contribution is 2.37. The number of aryl methyl sites for hydroxylation is 1. The first-order valence-electron chi connectivity index (χ1n) is 7.07. The van der Waals surface area contributed by atoms with E-state index in [1.54, 1.807) is 36.3 Å². The van der Waals surface area contributed by atoms with Crippen molar-refractivity contribution in [3.63, 3.8) is 0 Å². The molecule has 5 nitrogen and oxygen atoms in total. The quantitative estimate of drug-likeness (QED) is 0.808. The van der Waals surface area contributed by atoms with Crippen LogP contribution in [0.4, 0.5) is 10.2 Å². The van der Waals surface area contributed by atoms with E-state index in [9.17, 15) is 9.18 Å². The smallest absolute Gasteiger partial charge is 0.222 e. The van der Waals surface area contributed by atoms with Gasteiger partial charge < -0.3 is 5.32 Å². The molecule has 0 radical (unpaired) electrons. The molecular formula is C17H15FN4O. The Hall–Kier alpha value is -3.02. The van der Waals surface area contributed by atoms with Crippen LogP contribution in [0.1, 0.15) is 6.92 Å². The normalized spacial score (nSPS) is 10.6. The molecule has 0 aliphatic heterocycles. The molecule has 0 aliphatic carbocycles. The van der Waals surface area contributed by atoms with Gasteiger partial charge in [0.25, 0.3) is 0 Å². The standard InChI is InChI=1S/C17H15FN4O/c1-11(23)20-17-15(12-7-9-19-10-8-12)16(22(2)21-17)13-3-5-14(18)6-4-13/h3-10H,1-2H3,(H,20,21,23). The van der Waals surface area contributed by atoms with E-state index in [1.165, 1.54) is 19.1 Å². The van der Waals surface area contributed by atoms with Crippen molar-refractivity contribution in [2.75, 3.05) is 5.32 Å². The molecule has 3 rings (SSSR count). The predicted octanol–water partition coefficient (Wildman–Crippen LogP) is 3.25. The molecule has 0 unspecified atom stereocenters. The topological polar surface area (TPSA) is 59.8 Å². The zero-order chi connectivity index (χ0) is 16.4. The number of amides is 1. The number of anilines is 1. The third kappa shape index (κ3) is 2.96. The van der Waals surface area contributed by atoms with E-state index in [1.807, 2.05) is 12.1 Å². The lowest BCUT2D eigenvalue weighted by atomic mass is 10.0. The van der Waals surface area contributed by atoms with Gasteiger partial charge in [-0.25, -0.2) is 4.39 Å². The number of carbonyl (C=O) groups is 1. The molecular weight excluding hydrogens is 295 g/mol. The van der Waals surface area contributed by atoms with Gasteiger partial charge in [-0.3, -0.25) is 14.5 Å². The number of pyridine rings is 1. The molecule has 0 aliphatic rings. The van der Waals surface area contributed by atoms with Gasteiger partial charge in [0, 0.05) is 31.9 Å². The molecule has 2 aromatic heterocycles. The molecule has 1 N–H and O–H groups in total. The SMILES string of the molecule is CC(=O)Nc1nn(C)c(-c2ccc(F)cc2)c1-c1ccncc1. The largest absolute Gasteiger partial charge is 0.309 e. The number of benzene rings is 1. The van der Waals surface area contributed by atoms with Crippen LogP contribution >= 0.6 is 0 Å². The Morgan fingerprint density at radius 1 is 1.09 bits per heavy atom. The minimum Gasteiger partial charge on any atom is -0.309 e. The van der Waals surface area contributed by atoms with Gasteiger partial charge in [-0.2, -0.15) is 5.10 Å². The molecule has 116 valence electrons. The molecule has 0 saturated heterocycles. The number of hydrogen-bond acceptors (Lipinski definition) is 3. The number of nitrogens with one attached hydrogen (secondary N) is 1. The van der Waals surface area contributed by atoms with Crippen molar-refractivity contribution in [1.29, 1.82) is 0 Å². The second-order valence-corrected chi connectivity index (χ2v) is 5.12. The van der Waals surface area contributed by atoms with Crippen LogP contribution in [0.25, 0.3) is 22.4 Å². The summed E-state index contributed by atoms with van der Waals surface area (Å²) < 4.78 is 14.9. The Morgan fingerprint density at radius 3 is 2.35 bits per heavy atom. The third-order valence-electron chi connectivity index (χ3n) is 3.43. The first-order valence-corrected chi connectivity index (χ1v) is 7.07. The van der Waals surface area contributed by atoms with Crippen LogP contribution in [0.2, 0.25) is 0 Å². The summed E-state index contributed by atoms with van der Waals surface area (Å²) >= 11 is 0. The van der Waals surface area contributed by atoms with E-state index in [0.29, 0.717) is 5.82 Å². The molecule has 1 aromatic carbocycles. The van der Waals surface area contributed by atoms with Crippen LogP contribution in [0.15, 0.2) is 48.8 Å². The Morgan fingerprint density at radius 2 is 1.74 bits per heavy atom. The van der Waals surface area contributed by atoms with Gasteiger partial charge >= 0.3 is 0 Å². The number of carbonyl (C=O) groups excluding carboxylic acids is 1. The molecule has 6 heteroatoms. The zero-order valence-corrected chi connectivity index (χ0v) is 12.7. The summed E-state index contributed by atoms with van der Waals surface area (Å²) in [6.07, 6.45) is 3.35. The van der Waals surface area contributed by atoms with Crippen LogP contribution in [0.3, 0.4) is 0 Å². The highest BCUT2D eigenvalue weighted by atomic mass is 19.1. The van der Waals surface area contributed by atoms with Gasteiger partial charge in [-0.15, -0.1) is 0 Å². The Labute approximate surface area is 132 Å². The van der Waals surface area contributed by atoms with Gasteiger partial charge in [0.05, 0.1) is 11.3 Å². The molecule has 23 heavy (non-hydrogen) atoms. The maximum atomic E-state index is 13.2. The van der Waals surface area contributed by atoms with Gasteiger partial charge in [0.15, 0.2) is 5.82 Å². The summed E-state index contributed by atoms with van der Waals surface area (Å²) in [5.41, 5.74) is 3.25. The molecule has 1 amide bonds. The summed E-state index contributed by atoms with van der Waals surface area (Å²) in [5, 5.41) is 7.15. The maximum Gasteiger partial charge on any atom is 0.222 e. The van der Waals surface area contributed by atoms with E-state index in [-0.39, 0.29) is 11.7 Å². The lowest BCUT2D eigenvalue weighted by molar-refractivity contribution is -0.114. The van der Waals surface area contributed by atoms with Crippen LogP contribution in [0.5, 0.6) is 0 Å². The van der Waals surface area contributed by atoms with E-state index in [2.05, 4.69) is 15.4 Å². The maximum absolute atomic E-state index is 13.2. The fraction of sp³-hybridized carbons (Fsp3) is 0.118. The van der Waals surface area contributed by atoms with E-state index in [0.717, 1.165) is 22.4 Å². The first-order chi connectivity index (χ1) is 11.1. The second kappa shape index (κ2) is 6.00. The summed E-state index contributed by atoms with van der Waals surface area (Å²) in [6.45, 7) is 1.43. The minimum absolute atomic E-state index is 0.205. The molecule has 0 atom stereocenters. The highest BCUT2D eigenvalue weighted by Gasteiger charge is 2.20. The van der Waals surface area contributed by atoms with Crippen molar-refractivity contribution < 1.29 is 9.18 Å². The lowest BCUT2D eigenvalue weighted by Crippen LogP contribution is -2.07. The van der Waals surface area contributed by atoms with E-state index >= 15 is 0 Å². The fourth-order valence-corrected chi connectivity index (χ4v) is 2.51. The average molecular weight is 310 g/mol. The first kappa shape index (κ1) is 14.9. The highest BCUT2D eigenvalue weighted by molar-refractivity contribution is 5.97. The summed E-state index contributed by atoms with van der Waals surface area (Å²) in [6, 6.07) is 9.86. The van der Waals surface area contributed by atoms with Crippen molar-refractivity contribution in [2.24, 2.45) is 7.05 Å². The van der Waals surface area contributed by atoms with Crippen molar-refractivity contribution in [3.05, 3.63) is 54.6 Å². The van der Waals surface area contributed by atoms with Gasteiger partial charge in [-0.1, -0.05) is 0 Å². The Kier molecular flexibility index (Phi) is 3.89. The molecule has 0 saturated carbocycles. The Bertz CT molecular complexity index is 841. The van der Waals surface area contributed by atoms with Gasteiger partial charge in [0.1, 0.15) is 5.82 Å². The summed E-state index contributed by atoms with van der Waals surface area (Å²) in [7, 11) is 1.79. The monoisotopic (exact) mass is 310 g/mol. The van der Waals surface area contributed by atoms with Crippen molar-refractivity contribution in [1.82, 2.24) is 14.8 Å². The number of halogens is 1. The molecule has 0 spiro atoms. The number of rotatable bonds is 3. The van der Waals surface area contributed by atoms with Crippen molar-refractivity contribution >= 4 is 11.7 Å². The number of nitrogens with zero attached hydrogens (tertiary/aromatic N) is 3. The van der Waals surface area contributed by atoms with E-state index in [4.69, 9.17) is 0 Å². The molecule has 0 bridgehead atoms. The van der Waals surface area contributed by atoms with Crippen LogP contribution in [0, 0.1) is 5.82 Å². The third-order valence-corrected chi connectivity index (χ3v) is 3.43. The predicted molar refractivity (Wildman–Crippen MR) is 86.1 cm³/mol. The Balaban J connectivity index is 2.24. The summed E-state index contributed by atoms with van der Waals surface area (Å²) in [5.74, 6) is -0.0435. The molecule has 0 fully saturated rings. The zero-order valence-electron chi connectivity index (χ0n) is 12.7. The fourth-order valence-electron chi connectivity index (χ4n) is 2.51. The van der Waals surface area contributed by atoms with Crippen LogP contribution in [-0.4, -0.2) is 20.7 Å². The number of hydrogen-bond donors (Lipinski definition) is 1. The minimum atomic E-state index is -0.302. The summed E-state index contributed by atoms with van der Waals surface area (Å²) in [4.78, 5) is 15.5. The molecule has 3 aromatic rings. The average Bonchev–Trinajstić information content (AvgIpc) is 2.84.